The zero-order valence-corrected chi connectivity index (χ0v) is 12.0. The van der Waals surface area contributed by atoms with Gasteiger partial charge in [-0.05, 0) is 43.0 Å². The minimum atomic E-state index is -0.729. The van der Waals surface area contributed by atoms with Crippen molar-refractivity contribution in [2.45, 2.75) is 38.9 Å². The number of aryl methyl sites for hydroxylation is 1. The zero-order chi connectivity index (χ0) is 14.8. The highest BCUT2D eigenvalue weighted by Gasteiger charge is 2.29. The summed E-state index contributed by atoms with van der Waals surface area (Å²) in [6, 6.07) is 7.73. The molecular weight excluding hydrogens is 270 g/mol. The van der Waals surface area contributed by atoms with Gasteiger partial charge >= 0.3 is 0 Å². The van der Waals surface area contributed by atoms with Gasteiger partial charge in [-0.1, -0.05) is 12.1 Å². The lowest BCUT2D eigenvalue weighted by Crippen LogP contribution is -2.25. The van der Waals surface area contributed by atoms with E-state index in [2.05, 4.69) is 9.88 Å². The Bertz CT molecular complexity index is 624. The molecule has 0 radical (unpaired) electrons. The summed E-state index contributed by atoms with van der Waals surface area (Å²) in [6.45, 7) is 2.76. The maximum absolute atomic E-state index is 14.0. The molecule has 0 unspecified atom stereocenters. The van der Waals surface area contributed by atoms with E-state index in [0.29, 0.717) is 23.7 Å². The molecule has 1 saturated carbocycles. The van der Waals surface area contributed by atoms with Gasteiger partial charge in [0.2, 0.25) is 0 Å². The maximum Gasteiger partial charge on any atom is 0.163 e. The van der Waals surface area contributed by atoms with Gasteiger partial charge in [0.05, 0.1) is 0 Å². The van der Waals surface area contributed by atoms with E-state index < -0.39 is 11.6 Å². The summed E-state index contributed by atoms with van der Waals surface area (Å²) in [5, 5.41) is 0. The summed E-state index contributed by atoms with van der Waals surface area (Å²) >= 11 is 0. The first-order valence-corrected chi connectivity index (χ1v) is 7.21. The van der Waals surface area contributed by atoms with Crippen LogP contribution in [0.5, 0.6) is 0 Å². The van der Waals surface area contributed by atoms with Gasteiger partial charge in [-0.15, -0.1) is 0 Å². The van der Waals surface area contributed by atoms with E-state index in [1.807, 2.05) is 12.1 Å². The summed E-state index contributed by atoms with van der Waals surface area (Å²) in [4.78, 5) is 6.22. The van der Waals surface area contributed by atoms with Gasteiger partial charge in [-0.2, -0.15) is 0 Å². The monoisotopic (exact) mass is 288 g/mol. The van der Waals surface area contributed by atoms with Gasteiger partial charge in [0.25, 0.3) is 0 Å². The summed E-state index contributed by atoms with van der Waals surface area (Å²) < 4.78 is 27.7. The Hall–Kier alpha value is -1.81. The van der Waals surface area contributed by atoms with Crippen LogP contribution in [0.25, 0.3) is 0 Å². The third kappa shape index (κ3) is 3.27. The fourth-order valence-corrected chi connectivity index (χ4v) is 2.50. The zero-order valence-electron chi connectivity index (χ0n) is 12.0. The predicted octanol–water partition coefficient (Wildman–Crippen LogP) is 3.83. The van der Waals surface area contributed by atoms with E-state index >= 15 is 0 Å². The van der Waals surface area contributed by atoms with Crippen molar-refractivity contribution in [2.24, 2.45) is 0 Å². The van der Waals surface area contributed by atoms with Crippen LogP contribution in [0.3, 0.4) is 0 Å². The highest BCUT2D eigenvalue weighted by atomic mass is 19.2. The van der Waals surface area contributed by atoms with E-state index in [9.17, 15) is 8.78 Å². The average molecular weight is 288 g/mol. The van der Waals surface area contributed by atoms with Gasteiger partial charge in [0.15, 0.2) is 11.6 Å². The van der Waals surface area contributed by atoms with Crippen molar-refractivity contribution in [1.29, 1.82) is 0 Å². The first-order valence-electron chi connectivity index (χ1n) is 7.21. The number of hydrogen-bond acceptors (Lipinski definition) is 2. The SMILES string of the molecule is Cc1ccc(CN(Cc2ccncc2)C2CC2)c(F)c1F. The number of halogens is 2. The maximum atomic E-state index is 14.0. The minimum Gasteiger partial charge on any atom is -0.292 e. The van der Waals surface area contributed by atoms with Crippen LogP contribution >= 0.6 is 0 Å². The van der Waals surface area contributed by atoms with E-state index in [-0.39, 0.29) is 0 Å². The molecule has 110 valence electrons. The number of benzene rings is 1. The first-order chi connectivity index (χ1) is 10.1. The van der Waals surface area contributed by atoms with Crippen molar-refractivity contribution < 1.29 is 8.78 Å². The Labute approximate surface area is 123 Å². The van der Waals surface area contributed by atoms with Crippen molar-refractivity contribution in [3.8, 4) is 0 Å². The smallest absolute Gasteiger partial charge is 0.163 e. The Morgan fingerprint density at radius 1 is 1.05 bits per heavy atom. The molecule has 0 N–H and O–H groups in total. The molecule has 3 rings (SSSR count). The molecule has 1 aromatic carbocycles. The van der Waals surface area contributed by atoms with Gasteiger partial charge in [-0.25, -0.2) is 8.78 Å². The number of aromatic nitrogens is 1. The first kappa shape index (κ1) is 14.1. The van der Waals surface area contributed by atoms with Gasteiger partial charge < -0.3 is 0 Å². The third-order valence-electron chi connectivity index (χ3n) is 3.93. The normalized spacial score (nSPS) is 14.7. The molecule has 0 atom stereocenters. The second-order valence-electron chi connectivity index (χ2n) is 5.66. The molecule has 0 saturated heterocycles. The fourth-order valence-electron chi connectivity index (χ4n) is 2.50. The number of nitrogens with zero attached hydrogens (tertiary/aromatic N) is 2. The molecule has 0 bridgehead atoms. The highest BCUT2D eigenvalue weighted by molar-refractivity contribution is 5.25. The van der Waals surface area contributed by atoms with E-state index in [4.69, 9.17) is 0 Å². The summed E-state index contributed by atoms with van der Waals surface area (Å²) in [7, 11) is 0. The van der Waals surface area contributed by atoms with Crippen molar-refractivity contribution in [3.05, 3.63) is 65.0 Å². The van der Waals surface area contributed by atoms with Crippen molar-refractivity contribution in [2.75, 3.05) is 0 Å². The topological polar surface area (TPSA) is 16.1 Å². The second kappa shape index (κ2) is 5.90. The molecule has 1 heterocycles. The van der Waals surface area contributed by atoms with Crippen LogP contribution in [0.4, 0.5) is 8.78 Å². The summed E-state index contributed by atoms with van der Waals surface area (Å²) in [6.07, 6.45) is 5.77. The standard InChI is InChI=1S/C17H18F2N2/c1-12-2-3-14(17(19)16(12)18)11-21(15-4-5-15)10-13-6-8-20-9-7-13/h2-3,6-9,15H,4-5,10-11H2,1H3. The Balaban J connectivity index is 1.78. The lowest BCUT2D eigenvalue weighted by Gasteiger charge is -2.22. The molecule has 1 aliphatic carbocycles. The van der Waals surface area contributed by atoms with Crippen LogP contribution in [0.15, 0.2) is 36.7 Å². The number of rotatable bonds is 5. The van der Waals surface area contributed by atoms with E-state index in [0.717, 1.165) is 24.9 Å². The van der Waals surface area contributed by atoms with E-state index in [1.165, 1.54) is 0 Å². The van der Waals surface area contributed by atoms with Crippen LogP contribution < -0.4 is 0 Å². The minimum absolute atomic E-state index is 0.350. The van der Waals surface area contributed by atoms with Crippen molar-refractivity contribution in [1.82, 2.24) is 9.88 Å². The van der Waals surface area contributed by atoms with Gasteiger partial charge in [0, 0.05) is 37.1 Å². The Morgan fingerprint density at radius 2 is 1.76 bits per heavy atom. The quantitative estimate of drug-likeness (QED) is 0.831. The molecular formula is C17H18F2N2. The lowest BCUT2D eigenvalue weighted by molar-refractivity contribution is 0.241. The summed E-state index contributed by atoms with van der Waals surface area (Å²) in [5.74, 6) is -1.44. The van der Waals surface area contributed by atoms with Gasteiger partial charge in [0.1, 0.15) is 0 Å². The molecule has 21 heavy (non-hydrogen) atoms. The highest BCUT2D eigenvalue weighted by Crippen LogP contribution is 2.30. The average Bonchev–Trinajstić information content (AvgIpc) is 3.33. The van der Waals surface area contributed by atoms with Crippen LogP contribution in [0.1, 0.15) is 29.5 Å². The van der Waals surface area contributed by atoms with Crippen molar-refractivity contribution in [3.63, 3.8) is 0 Å². The number of pyridine rings is 1. The fraction of sp³-hybridized carbons (Fsp3) is 0.353. The third-order valence-corrected chi connectivity index (χ3v) is 3.93. The molecule has 2 aromatic rings. The molecule has 0 spiro atoms. The molecule has 0 amide bonds. The van der Waals surface area contributed by atoms with Crippen LogP contribution in [-0.2, 0) is 13.1 Å². The van der Waals surface area contributed by atoms with Crippen LogP contribution in [-0.4, -0.2) is 15.9 Å². The number of hydrogen-bond donors (Lipinski definition) is 0. The Morgan fingerprint density at radius 3 is 2.43 bits per heavy atom. The van der Waals surface area contributed by atoms with E-state index in [1.54, 1.807) is 31.5 Å². The second-order valence-corrected chi connectivity index (χ2v) is 5.66. The molecule has 1 fully saturated rings. The summed E-state index contributed by atoms with van der Waals surface area (Å²) in [5.41, 5.74) is 1.92. The van der Waals surface area contributed by atoms with Crippen LogP contribution in [0.2, 0.25) is 0 Å². The largest absolute Gasteiger partial charge is 0.292 e. The molecule has 1 aromatic heterocycles. The van der Waals surface area contributed by atoms with Crippen LogP contribution in [0, 0.1) is 18.6 Å². The molecule has 4 heteroatoms. The van der Waals surface area contributed by atoms with Crippen molar-refractivity contribution >= 4 is 0 Å². The molecule has 1 aliphatic rings. The lowest BCUT2D eigenvalue weighted by atomic mass is 10.1. The predicted molar refractivity (Wildman–Crippen MR) is 77.6 cm³/mol. The molecule has 0 aliphatic heterocycles. The Kier molecular flexibility index (Phi) is 3.97. The van der Waals surface area contributed by atoms with Gasteiger partial charge in [-0.3, -0.25) is 9.88 Å². The molecule has 2 nitrogen and oxygen atoms in total.